The Morgan fingerprint density at radius 2 is 1.95 bits per heavy atom. The first kappa shape index (κ1) is 11.7. The Morgan fingerprint density at radius 3 is 2.63 bits per heavy atom. The molecule has 1 aromatic rings. The van der Waals surface area contributed by atoms with Gasteiger partial charge >= 0.3 is 0 Å². The van der Waals surface area contributed by atoms with Crippen molar-refractivity contribution in [2.45, 2.75) is 63.2 Å². The third kappa shape index (κ3) is 2.03. The number of nitrogens with zero attached hydrogens (tertiary/aromatic N) is 1. The predicted molar refractivity (Wildman–Crippen MR) is 74.3 cm³/mol. The van der Waals surface area contributed by atoms with E-state index in [1.807, 2.05) is 0 Å². The molecule has 2 bridgehead atoms. The van der Waals surface area contributed by atoms with Crippen molar-refractivity contribution in [1.82, 2.24) is 9.97 Å². The molecule has 0 radical (unpaired) electrons. The summed E-state index contributed by atoms with van der Waals surface area (Å²) in [5.41, 5.74) is 1.13. The summed E-state index contributed by atoms with van der Waals surface area (Å²) in [6.07, 6.45) is 10.4. The van der Waals surface area contributed by atoms with E-state index in [1.54, 1.807) is 6.07 Å². The first-order chi connectivity index (χ1) is 9.29. The summed E-state index contributed by atoms with van der Waals surface area (Å²) in [6.45, 7) is 0. The first-order valence-corrected chi connectivity index (χ1v) is 7.91. The lowest BCUT2D eigenvalue weighted by atomic mass is 9.88. The predicted octanol–water partition coefficient (Wildman–Crippen LogP) is 3.33. The van der Waals surface area contributed by atoms with Crippen molar-refractivity contribution < 1.29 is 0 Å². The van der Waals surface area contributed by atoms with Crippen LogP contribution in [-0.4, -0.2) is 9.97 Å². The maximum absolute atomic E-state index is 11.9. The van der Waals surface area contributed by atoms with Crippen LogP contribution in [0.4, 0.5) is 0 Å². The van der Waals surface area contributed by atoms with Gasteiger partial charge in [-0.05, 0) is 43.9 Å². The summed E-state index contributed by atoms with van der Waals surface area (Å²) in [7, 11) is 0. The van der Waals surface area contributed by atoms with Crippen molar-refractivity contribution in [3.63, 3.8) is 0 Å². The van der Waals surface area contributed by atoms with Gasteiger partial charge in [-0.3, -0.25) is 4.79 Å². The van der Waals surface area contributed by atoms with Gasteiger partial charge in [-0.25, -0.2) is 4.98 Å². The Hall–Kier alpha value is -1.12. The highest BCUT2D eigenvalue weighted by molar-refractivity contribution is 5.14. The van der Waals surface area contributed by atoms with Gasteiger partial charge in [0.1, 0.15) is 5.82 Å². The van der Waals surface area contributed by atoms with E-state index in [-0.39, 0.29) is 5.56 Å². The number of aromatic amines is 1. The van der Waals surface area contributed by atoms with Gasteiger partial charge in [-0.1, -0.05) is 19.3 Å². The molecule has 3 aliphatic carbocycles. The number of rotatable bonds is 2. The van der Waals surface area contributed by atoms with E-state index >= 15 is 0 Å². The van der Waals surface area contributed by atoms with Crippen LogP contribution in [0.3, 0.4) is 0 Å². The fourth-order valence-electron chi connectivity index (χ4n) is 4.68. The van der Waals surface area contributed by atoms with Crippen LogP contribution in [0.1, 0.15) is 74.7 Å². The number of hydrogen-bond donors (Lipinski definition) is 1. The zero-order valence-corrected chi connectivity index (χ0v) is 11.4. The van der Waals surface area contributed by atoms with Crippen LogP contribution >= 0.6 is 0 Å². The van der Waals surface area contributed by atoms with Crippen LogP contribution in [-0.2, 0) is 0 Å². The average Bonchev–Trinajstić information content (AvgIpc) is 3.15. The van der Waals surface area contributed by atoms with Crippen LogP contribution in [0.5, 0.6) is 0 Å². The maximum Gasteiger partial charge on any atom is 0.251 e. The van der Waals surface area contributed by atoms with Gasteiger partial charge in [-0.2, -0.15) is 0 Å². The van der Waals surface area contributed by atoms with Crippen LogP contribution in [0.15, 0.2) is 10.9 Å². The van der Waals surface area contributed by atoms with Crippen molar-refractivity contribution in [3.8, 4) is 0 Å². The monoisotopic (exact) mass is 258 g/mol. The molecule has 19 heavy (non-hydrogen) atoms. The van der Waals surface area contributed by atoms with Crippen molar-refractivity contribution >= 4 is 0 Å². The SMILES string of the molecule is O=c1cc(C2CCCC2)nc(C2CC3CCC2C3)[nH]1. The standard InChI is InChI=1S/C16H22N2O/c19-15-9-14(11-3-1-2-4-11)17-16(18-15)13-8-10-5-6-12(13)7-10/h9-13H,1-8H2,(H,17,18,19). The minimum atomic E-state index is 0.0645. The van der Waals surface area contributed by atoms with Gasteiger partial charge in [0.2, 0.25) is 0 Å². The third-order valence-electron chi connectivity index (χ3n) is 5.64. The molecular formula is C16H22N2O. The highest BCUT2D eigenvalue weighted by Gasteiger charge is 2.41. The summed E-state index contributed by atoms with van der Waals surface area (Å²) in [4.78, 5) is 19.8. The van der Waals surface area contributed by atoms with Gasteiger partial charge in [0.15, 0.2) is 0 Å². The number of hydrogen-bond acceptors (Lipinski definition) is 2. The third-order valence-corrected chi connectivity index (χ3v) is 5.64. The van der Waals surface area contributed by atoms with Crippen LogP contribution in [0.2, 0.25) is 0 Å². The number of fused-ring (bicyclic) bond motifs is 2. The van der Waals surface area contributed by atoms with Gasteiger partial charge in [-0.15, -0.1) is 0 Å². The topological polar surface area (TPSA) is 45.8 Å². The highest BCUT2D eigenvalue weighted by atomic mass is 16.1. The molecule has 3 atom stereocenters. The van der Waals surface area contributed by atoms with Gasteiger partial charge in [0.25, 0.3) is 5.56 Å². The van der Waals surface area contributed by atoms with Crippen LogP contribution < -0.4 is 5.56 Å². The first-order valence-electron chi connectivity index (χ1n) is 7.91. The average molecular weight is 258 g/mol. The molecule has 3 heteroatoms. The molecule has 1 heterocycles. The summed E-state index contributed by atoms with van der Waals surface area (Å²) < 4.78 is 0. The molecule has 3 nitrogen and oxygen atoms in total. The van der Waals surface area contributed by atoms with Crippen molar-refractivity contribution in [3.05, 3.63) is 27.9 Å². The summed E-state index contributed by atoms with van der Waals surface area (Å²) >= 11 is 0. The molecule has 0 amide bonds. The lowest BCUT2D eigenvalue weighted by Gasteiger charge is -2.21. The lowest BCUT2D eigenvalue weighted by Crippen LogP contribution is -2.19. The molecule has 0 aliphatic heterocycles. The van der Waals surface area contributed by atoms with E-state index < -0.39 is 0 Å². The lowest BCUT2D eigenvalue weighted by molar-refractivity contribution is 0.403. The Labute approximate surface area is 113 Å². The summed E-state index contributed by atoms with van der Waals surface area (Å²) in [6, 6.07) is 1.74. The van der Waals surface area contributed by atoms with Crippen molar-refractivity contribution in [2.75, 3.05) is 0 Å². The van der Waals surface area contributed by atoms with E-state index in [0.717, 1.165) is 23.4 Å². The van der Waals surface area contributed by atoms with Crippen molar-refractivity contribution in [1.29, 1.82) is 0 Å². The second-order valence-electron chi connectivity index (χ2n) is 6.82. The van der Waals surface area contributed by atoms with Gasteiger partial charge in [0, 0.05) is 17.9 Å². The molecule has 0 spiro atoms. The summed E-state index contributed by atoms with van der Waals surface area (Å²) in [5.74, 6) is 3.76. The van der Waals surface area contributed by atoms with E-state index in [9.17, 15) is 4.79 Å². The van der Waals surface area contributed by atoms with E-state index in [0.29, 0.717) is 11.8 Å². The Kier molecular flexibility index (Phi) is 2.75. The zero-order chi connectivity index (χ0) is 12.8. The van der Waals surface area contributed by atoms with Gasteiger partial charge < -0.3 is 4.98 Å². The molecule has 1 N–H and O–H groups in total. The van der Waals surface area contributed by atoms with E-state index in [2.05, 4.69) is 4.98 Å². The summed E-state index contributed by atoms with van der Waals surface area (Å²) in [5, 5.41) is 0. The van der Waals surface area contributed by atoms with E-state index in [4.69, 9.17) is 4.98 Å². The minimum absolute atomic E-state index is 0.0645. The largest absolute Gasteiger partial charge is 0.310 e. The normalized spacial score (nSPS) is 34.2. The molecule has 102 valence electrons. The zero-order valence-electron chi connectivity index (χ0n) is 11.4. The fourth-order valence-corrected chi connectivity index (χ4v) is 4.68. The molecule has 3 aliphatic rings. The fraction of sp³-hybridized carbons (Fsp3) is 0.750. The molecule has 0 aromatic carbocycles. The minimum Gasteiger partial charge on any atom is -0.310 e. The maximum atomic E-state index is 11.9. The molecular weight excluding hydrogens is 236 g/mol. The second-order valence-corrected chi connectivity index (χ2v) is 6.82. The highest BCUT2D eigenvalue weighted by Crippen LogP contribution is 2.52. The molecule has 4 rings (SSSR count). The van der Waals surface area contributed by atoms with Crippen LogP contribution in [0, 0.1) is 11.8 Å². The Bertz CT molecular complexity index is 530. The molecule has 3 unspecified atom stereocenters. The van der Waals surface area contributed by atoms with Crippen LogP contribution in [0.25, 0.3) is 0 Å². The number of aromatic nitrogens is 2. The number of H-pyrrole nitrogens is 1. The molecule has 3 saturated carbocycles. The Balaban J connectivity index is 1.66. The second kappa shape index (κ2) is 4.46. The smallest absolute Gasteiger partial charge is 0.251 e. The Morgan fingerprint density at radius 1 is 1.11 bits per heavy atom. The van der Waals surface area contributed by atoms with Gasteiger partial charge in [0.05, 0.1) is 5.69 Å². The molecule has 0 saturated heterocycles. The quantitative estimate of drug-likeness (QED) is 0.884. The molecule has 1 aromatic heterocycles. The van der Waals surface area contributed by atoms with Crippen molar-refractivity contribution in [2.24, 2.45) is 11.8 Å². The molecule has 3 fully saturated rings. The number of nitrogens with one attached hydrogen (secondary N) is 1. The van der Waals surface area contributed by atoms with E-state index in [1.165, 1.54) is 51.4 Å².